The van der Waals surface area contributed by atoms with E-state index in [0.717, 1.165) is 32.7 Å². The quantitative estimate of drug-likeness (QED) is 0.324. The molecule has 0 radical (unpaired) electrons. The van der Waals surface area contributed by atoms with Crippen molar-refractivity contribution in [3.63, 3.8) is 0 Å². The van der Waals surface area contributed by atoms with Crippen LogP contribution in [0.15, 0.2) is 78.9 Å². The van der Waals surface area contributed by atoms with Gasteiger partial charge in [-0.3, -0.25) is 10.1 Å². The van der Waals surface area contributed by atoms with Crippen LogP contribution in [0.4, 0.5) is 5.13 Å². The lowest BCUT2D eigenvalue weighted by atomic mass is 10.0. The van der Waals surface area contributed by atoms with Gasteiger partial charge >= 0.3 is 0 Å². The molecule has 3 aromatic carbocycles. The van der Waals surface area contributed by atoms with Crippen molar-refractivity contribution in [1.29, 1.82) is 0 Å². The minimum atomic E-state index is -0.255. The van der Waals surface area contributed by atoms with Gasteiger partial charge in [-0.1, -0.05) is 65.9 Å². The lowest BCUT2D eigenvalue weighted by molar-refractivity contribution is 0.102. The number of ether oxygens (including phenoxy) is 2. The Kier molecular flexibility index (Phi) is 6.36. The van der Waals surface area contributed by atoms with Gasteiger partial charge in [0, 0.05) is 17.4 Å². The summed E-state index contributed by atoms with van der Waals surface area (Å²) >= 11 is 1.34. The second-order valence-electron chi connectivity index (χ2n) is 7.76. The highest BCUT2D eigenvalue weighted by molar-refractivity contribution is 7.15. The molecule has 0 saturated heterocycles. The highest BCUT2D eigenvalue weighted by atomic mass is 32.1. The Labute approximate surface area is 206 Å². The molecule has 2 aromatic heterocycles. The van der Waals surface area contributed by atoms with E-state index in [1.165, 1.54) is 11.3 Å². The molecule has 35 heavy (non-hydrogen) atoms. The number of amides is 1. The van der Waals surface area contributed by atoms with Crippen LogP contribution >= 0.6 is 11.3 Å². The molecule has 1 amide bonds. The van der Waals surface area contributed by atoms with E-state index in [1.54, 1.807) is 14.2 Å². The maximum atomic E-state index is 13.3. The molecule has 5 rings (SSSR count). The normalized spacial score (nSPS) is 10.8. The van der Waals surface area contributed by atoms with Crippen molar-refractivity contribution in [3.05, 3.63) is 95.0 Å². The Morgan fingerprint density at radius 1 is 0.886 bits per heavy atom. The molecule has 0 atom stereocenters. The highest BCUT2D eigenvalue weighted by Crippen LogP contribution is 2.30. The van der Waals surface area contributed by atoms with Crippen molar-refractivity contribution in [3.8, 4) is 22.8 Å². The summed E-state index contributed by atoms with van der Waals surface area (Å²) in [6.45, 7) is 0. The van der Waals surface area contributed by atoms with Crippen LogP contribution in [0.25, 0.3) is 22.2 Å². The fourth-order valence-corrected chi connectivity index (χ4v) is 4.59. The molecule has 0 spiro atoms. The molecule has 0 aliphatic rings. The lowest BCUT2D eigenvalue weighted by Gasteiger charge is -2.09. The Bertz CT molecular complexity index is 1500. The largest absolute Gasteiger partial charge is 0.493 e. The number of anilines is 1. The van der Waals surface area contributed by atoms with Gasteiger partial charge in [-0.25, -0.2) is 4.98 Å². The number of aromatic nitrogens is 3. The zero-order valence-corrected chi connectivity index (χ0v) is 20.0. The van der Waals surface area contributed by atoms with E-state index in [-0.39, 0.29) is 5.91 Å². The molecule has 7 nitrogen and oxygen atoms in total. The number of para-hydroxylation sites is 1. The molecule has 0 fully saturated rings. The fourth-order valence-electron chi connectivity index (χ4n) is 3.83. The van der Waals surface area contributed by atoms with Gasteiger partial charge < -0.3 is 9.47 Å². The van der Waals surface area contributed by atoms with Gasteiger partial charge in [-0.2, -0.15) is 0 Å². The standard InChI is InChI=1S/C27H22N4O3S/c1-33-23-13-12-17(14-24(23)34-2)15-25-30-31-27(35-25)29-26(32)20-16-22(18-8-4-3-5-9-18)28-21-11-7-6-10-19(20)21/h3-14,16H,15H2,1-2H3,(H,29,31,32). The number of nitrogens with zero attached hydrogens (tertiary/aromatic N) is 3. The summed E-state index contributed by atoms with van der Waals surface area (Å²) in [4.78, 5) is 18.1. The summed E-state index contributed by atoms with van der Waals surface area (Å²) in [7, 11) is 3.21. The summed E-state index contributed by atoms with van der Waals surface area (Å²) in [6, 6.07) is 25.0. The number of carbonyl (C=O) groups is 1. The van der Waals surface area contributed by atoms with Gasteiger partial charge in [0.25, 0.3) is 5.91 Å². The first-order valence-electron chi connectivity index (χ1n) is 10.9. The zero-order valence-electron chi connectivity index (χ0n) is 19.2. The number of nitrogens with one attached hydrogen (secondary N) is 1. The highest BCUT2D eigenvalue weighted by Gasteiger charge is 2.16. The molecule has 8 heteroatoms. The first-order valence-corrected chi connectivity index (χ1v) is 11.8. The maximum Gasteiger partial charge on any atom is 0.258 e. The molecule has 1 N–H and O–H groups in total. The van der Waals surface area contributed by atoms with Gasteiger partial charge in [-0.05, 0) is 29.8 Å². The number of hydrogen-bond acceptors (Lipinski definition) is 7. The van der Waals surface area contributed by atoms with Crippen molar-refractivity contribution in [2.24, 2.45) is 0 Å². The topological polar surface area (TPSA) is 86.2 Å². The number of benzene rings is 3. The van der Waals surface area contributed by atoms with Gasteiger partial charge in [0.15, 0.2) is 11.5 Å². The Hall–Kier alpha value is -4.30. The maximum absolute atomic E-state index is 13.3. The van der Waals surface area contributed by atoms with Crippen LogP contribution in [-0.4, -0.2) is 35.3 Å². The minimum absolute atomic E-state index is 0.255. The van der Waals surface area contributed by atoms with E-state index in [1.807, 2.05) is 78.9 Å². The Balaban J connectivity index is 1.39. The monoisotopic (exact) mass is 482 g/mol. The average Bonchev–Trinajstić information content (AvgIpc) is 3.34. The molecule has 2 heterocycles. The van der Waals surface area contributed by atoms with Crippen molar-refractivity contribution >= 4 is 33.3 Å². The van der Waals surface area contributed by atoms with Crippen molar-refractivity contribution in [1.82, 2.24) is 15.2 Å². The van der Waals surface area contributed by atoms with E-state index in [2.05, 4.69) is 15.5 Å². The van der Waals surface area contributed by atoms with E-state index in [4.69, 9.17) is 14.5 Å². The van der Waals surface area contributed by atoms with E-state index >= 15 is 0 Å². The van der Waals surface area contributed by atoms with Crippen molar-refractivity contribution in [2.75, 3.05) is 19.5 Å². The van der Waals surface area contributed by atoms with Crippen LogP contribution in [0.1, 0.15) is 20.9 Å². The van der Waals surface area contributed by atoms with E-state index in [0.29, 0.717) is 28.6 Å². The number of pyridine rings is 1. The second kappa shape index (κ2) is 9.90. The predicted octanol–water partition coefficient (Wildman–Crippen LogP) is 5.61. The van der Waals surface area contributed by atoms with Gasteiger partial charge in [0.05, 0.1) is 31.0 Å². The summed E-state index contributed by atoms with van der Waals surface area (Å²) in [5.74, 6) is 1.07. The van der Waals surface area contributed by atoms with Crippen LogP contribution < -0.4 is 14.8 Å². The van der Waals surface area contributed by atoms with Crippen LogP contribution in [0.2, 0.25) is 0 Å². The summed E-state index contributed by atoms with van der Waals surface area (Å²) in [6.07, 6.45) is 0.560. The third kappa shape index (κ3) is 4.83. The molecule has 0 bridgehead atoms. The summed E-state index contributed by atoms with van der Waals surface area (Å²) < 4.78 is 10.7. The Morgan fingerprint density at radius 3 is 2.46 bits per heavy atom. The van der Waals surface area contributed by atoms with Crippen molar-refractivity contribution < 1.29 is 14.3 Å². The lowest BCUT2D eigenvalue weighted by Crippen LogP contribution is -2.13. The molecular formula is C27H22N4O3S. The summed E-state index contributed by atoms with van der Waals surface area (Å²) in [5, 5.41) is 13.3. The molecular weight excluding hydrogens is 460 g/mol. The number of hydrogen-bond donors (Lipinski definition) is 1. The SMILES string of the molecule is COc1ccc(Cc2nnc(NC(=O)c3cc(-c4ccccc4)nc4ccccc34)s2)cc1OC. The molecule has 0 aliphatic carbocycles. The van der Waals surface area contributed by atoms with Gasteiger partial charge in [0.2, 0.25) is 5.13 Å². The third-order valence-electron chi connectivity index (χ3n) is 5.52. The molecule has 0 aliphatic heterocycles. The molecule has 174 valence electrons. The number of fused-ring (bicyclic) bond motifs is 1. The third-order valence-corrected chi connectivity index (χ3v) is 6.36. The van der Waals surface area contributed by atoms with Crippen LogP contribution in [0, 0.1) is 0 Å². The Morgan fingerprint density at radius 2 is 1.66 bits per heavy atom. The smallest absolute Gasteiger partial charge is 0.258 e. The first kappa shape index (κ1) is 22.5. The minimum Gasteiger partial charge on any atom is -0.493 e. The van der Waals surface area contributed by atoms with Crippen molar-refractivity contribution in [2.45, 2.75) is 6.42 Å². The van der Waals surface area contributed by atoms with Crippen LogP contribution in [-0.2, 0) is 6.42 Å². The number of methoxy groups -OCH3 is 2. The summed E-state index contributed by atoms with van der Waals surface area (Å²) in [5.41, 5.74) is 3.97. The second-order valence-corrected chi connectivity index (χ2v) is 8.82. The first-order chi connectivity index (χ1) is 17.1. The molecule has 0 saturated carbocycles. The van der Waals surface area contributed by atoms with E-state index < -0.39 is 0 Å². The molecule has 0 unspecified atom stereocenters. The number of carbonyl (C=O) groups excluding carboxylic acids is 1. The predicted molar refractivity (Wildman–Crippen MR) is 137 cm³/mol. The van der Waals surface area contributed by atoms with E-state index in [9.17, 15) is 4.79 Å². The average molecular weight is 483 g/mol. The number of rotatable bonds is 7. The molecule has 5 aromatic rings. The van der Waals surface area contributed by atoms with Gasteiger partial charge in [0.1, 0.15) is 5.01 Å². The zero-order chi connectivity index (χ0) is 24.2. The van der Waals surface area contributed by atoms with Crippen LogP contribution in [0.3, 0.4) is 0 Å². The van der Waals surface area contributed by atoms with Gasteiger partial charge in [-0.15, -0.1) is 10.2 Å². The van der Waals surface area contributed by atoms with Crippen LogP contribution in [0.5, 0.6) is 11.5 Å². The fraction of sp³-hybridized carbons (Fsp3) is 0.111.